The first-order valence-electron chi connectivity index (χ1n) is 6.62. The summed E-state index contributed by atoms with van der Waals surface area (Å²) >= 11 is 6.82. The fourth-order valence-corrected chi connectivity index (χ4v) is 3.56. The number of rotatable bonds is 5. The summed E-state index contributed by atoms with van der Waals surface area (Å²) in [5, 5.41) is -0.336. The zero-order valence-corrected chi connectivity index (χ0v) is 14.4. The molecule has 1 unspecified atom stereocenters. The first-order chi connectivity index (χ1) is 9.76. The van der Waals surface area contributed by atoms with Crippen molar-refractivity contribution in [1.82, 2.24) is 4.90 Å². The van der Waals surface area contributed by atoms with Crippen LogP contribution in [0.2, 0.25) is 0 Å². The number of amides is 1. The van der Waals surface area contributed by atoms with E-state index in [0.717, 1.165) is 5.56 Å². The number of carbonyl (C=O) groups excluding carboxylic acids is 1. The molecule has 3 nitrogen and oxygen atoms in total. The molecule has 1 aromatic rings. The van der Waals surface area contributed by atoms with Crippen LogP contribution in [0.4, 0.5) is 0 Å². The number of hydrogen-bond acceptors (Lipinski definition) is 3. The van der Waals surface area contributed by atoms with E-state index in [1.54, 1.807) is 19.0 Å². The fraction of sp³-hybridized carbons (Fsp3) is 0.438. The molecule has 5 heteroatoms. The third-order valence-corrected chi connectivity index (χ3v) is 4.59. The van der Waals surface area contributed by atoms with Crippen LogP contribution in [0.1, 0.15) is 25.8 Å². The highest BCUT2D eigenvalue weighted by atomic mass is 32.2. The molecule has 0 fully saturated rings. The molecule has 0 radical (unpaired) electrons. The van der Waals surface area contributed by atoms with E-state index >= 15 is 0 Å². The van der Waals surface area contributed by atoms with E-state index in [0.29, 0.717) is 10.6 Å². The Morgan fingerprint density at radius 1 is 1.38 bits per heavy atom. The largest absolute Gasteiger partial charge is 0.348 e. The number of nitrogens with zero attached hydrogens (tertiary/aromatic N) is 2. The summed E-state index contributed by atoms with van der Waals surface area (Å²) in [4.78, 5) is 17.5. The van der Waals surface area contributed by atoms with Crippen LogP contribution in [0.5, 0.6) is 0 Å². The van der Waals surface area contributed by atoms with Gasteiger partial charge in [0.1, 0.15) is 0 Å². The predicted molar refractivity (Wildman–Crippen MR) is 93.5 cm³/mol. The van der Waals surface area contributed by atoms with Crippen LogP contribution in [0.25, 0.3) is 4.85 Å². The van der Waals surface area contributed by atoms with Gasteiger partial charge in [-0.25, -0.2) is 6.57 Å². The third-order valence-electron chi connectivity index (χ3n) is 2.96. The highest BCUT2D eigenvalue weighted by molar-refractivity contribution is 8.24. The van der Waals surface area contributed by atoms with Gasteiger partial charge in [-0.2, -0.15) is 0 Å². The standard InChI is InChI=1S/C16H20N2OS2/c1-16(2,17-3)11-13(14(19)18(4)5)21-15(20)12-9-7-6-8-10-12/h6-10,13H,11H2,1-2,4-5H3. The van der Waals surface area contributed by atoms with E-state index in [4.69, 9.17) is 18.8 Å². The molecule has 1 atom stereocenters. The van der Waals surface area contributed by atoms with E-state index in [-0.39, 0.29) is 11.2 Å². The first-order valence-corrected chi connectivity index (χ1v) is 7.91. The average Bonchev–Trinajstić information content (AvgIpc) is 2.46. The van der Waals surface area contributed by atoms with Crippen LogP contribution < -0.4 is 0 Å². The van der Waals surface area contributed by atoms with Crippen molar-refractivity contribution >= 4 is 34.1 Å². The zero-order chi connectivity index (χ0) is 16.0. The van der Waals surface area contributed by atoms with Crippen molar-refractivity contribution in [1.29, 1.82) is 0 Å². The molecule has 21 heavy (non-hydrogen) atoms. The molecule has 1 aromatic carbocycles. The van der Waals surface area contributed by atoms with E-state index in [1.807, 2.05) is 44.2 Å². The molecular weight excluding hydrogens is 300 g/mol. The third kappa shape index (κ3) is 5.49. The lowest BCUT2D eigenvalue weighted by atomic mass is 9.99. The Balaban J connectivity index is 2.90. The Kier molecular flexibility index (Phi) is 6.38. The van der Waals surface area contributed by atoms with Gasteiger partial charge in [-0.1, -0.05) is 42.5 Å². The van der Waals surface area contributed by atoms with Gasteiger partial charge in [-0.05, 0) is 5.56 Å². The maximum absolute atomic E-state index is 12.3. The summed E-state index contributed by atoms with van der Waals surface area (Å²) in [5.74, 6) is -0.00462. The van der Waals surface area contributed by atoms with Crippen LogP contribution in [0.15, 0.2) is 30.3 Å². The minimum Gasteiger partial charge on any atom is -0.348 e. The van der Waals surface area contributed by atoms with Crippen LogP contribution in [-0.4, -0.2) is 39.9 Å². The monoisotopic (exact) mass is 320 g/mol. The summed E-state index contributed by atoms with van der Waals surface area (Å²) in [6.07, 6.45) is 0.477. The lowest BCUT2D eigenvalue weighted by Crippen LogP contribution is -2.36. The van der Waals surface area contributed by atoms with Crippen molar-refractivity contribution in [3.63, 3.8) is 0 Å². The molecule has 1 rings (SSSR count). The normalized spacial score (nSPS) is 12.3. The van der Waals surface area contributed by atoms with Crippen LogP contribution >= 0.6 is 24.0 Å². The van der Waals surface area contributed by atoms with Gasteiger partial charge in [0.15, 0.2) is 0 Å². The maximum atomic E-state index is 12.3. The van der Waals surface area contributed by atoms with Crippen LogP contribution in [-0.2, 0) is 4.79 Å². The second-order valence-corrected chi connectivity index (χ2v) is 7.50. The number of benzene rings is 1. The van der Waals surface area contributed by atoms with Gasteiger partial charge >= 0.3 is 0 Å². The van der Waals surface area contributed by atoms with Gasteiger partial charge in [0.2, 0.25) is 11.4 Å². The molecule has 0 heterocycles. The number of carbonyl (C=O) groups is 1. The van der Waals surface area contributed by atoms with Crippen molar-refractivity contribution < 1.29 is 4.79 Å². The van der Waals surface area contributed by atoms with E-state index < -0.39 is 5.54 Å². The summed E-state index contributed by atoms with van der Waals surface area (Å²) < 4.78 is 0.691. The van der Waals surface area contributed by atoms with Crippen molar-refractivity contribution in [3.8, 4) is 0 Å². The molecule has 0 aliphatic carbocycles. The molecular formula is C16H20N2OS2. The number of hydrogen-bond donors (Lipinski definition) is 0. The smallest absolute Gasteiger partial charge is 0.235 e. The second-order valence-electron chi connectivity index (χ2n) is 5.62. The SMILES string of the molecule is [C-]#[N+]C(C)(C)CC(SC(=S)c1ccccc1)C(=O)N(C)C. The molecule has 0 aliphatic rings. The quantitative estimate of drug-likeness (QED) is 0.611. The van der Waals surface area contributed by atoms with Gasteiger partial charge in [-0.15, -0.1) is 11.8 Å². The van der Waals surface area contributed by atoms with Crippen LogP contribution in [0, 0.1) is 6.57 Å². The Hall–Kier alpha value is -1.38. The van der Waals surface area contributed by atoms with Gasteiger partial charge in [0, 0.05) is 34.4 Å². The number of thioether (sulfide) groups is 1. The Morgan fingerprint density at radius 3 is 2.43 bits per heavy atom. The molecule has 0 bridgehead atoms. The molecule has 112 valence electrons. The van der Waals surface area contributed by atoms with E-state index in [9.17, 15) is 4.79 Å². The molecule has 0 aliphatic heterocycles. The zero-order valence-electron chi connectivity index (χ0n) is 12.8. The predicted octanol–water partition coefficient (Wildman–Crippen LogP) is 3.64. The van der Waals surface area contributed by atoms with Crippen molar-refractivity contribution in [2.75, 3.05) is 14.1 Å². The van der Waals surface area contributed by atoms with Crippen molar-refractivity contribution in [2.24, 2.45) is 0 Å². The van der Waals surface area contributed by atoms with Gasteiger partial charge < -0.3 is 9.74 Å². The van der Waals surface area contributed by atoms with Crippen LogP contribution in [0.3, 0.4) is 0 Å². The Labute approximate surface area is 136 Å². The molecule has 0 saturated carbocycles. The minimum atomic E-state index is -0.574. The number of thiocarbonyl (C=S) groups is 1. The van der Waals surface area contributed by atoms with E-state index in [1.165, 1.54) is 11.8 Å². The second kappa shape index (κ2) is 7.58. The fourth-order valence-electron chi connectivity index (χ4n) is 1.74. The maximum Gasteiger partial charge on any atom is 0.235 e. The van der Waals surface area contributed by atoms with Gasteiger partial charge in [0.25, 0.3) is 0 Å². The van der Waals surface area contributed by atoms with Crippen molar-refractivity contribution in [3.05, 3.63) is 47.3 Å². The lowest BCUT2D eigenvalue weighted by Gasteiger charge is -2.23. The van der Waals surface area contributed by atoms with E-state index in [2.05, 4.69) is 4.85 Å². The lowest BCUT2D eigenvalue weighted by molar-refractivity contribution is -0.128. The molecule has 1 amide bonds. The van der Waals surface area contributed by atoms with Gasteiger partial charge in [0.05, 0.1) is 9.45 Å². The van der Waals surface area contributed by atoms with Gasteiger partial charge in [-0.3, -0.25) is 4.79 Å². The first kappa shape index (κ1) is 17.7. The summed E-state index contributed by atoms with van der Waals surface area (Å²) in [7, 11) is 3.46. The Morgan fingerprint density at radius 2 is 1.95 bits per heavy atom. The molecule has 0 aromatic heterocycles. The highest BCUT2D eigenvalue weighted by Crippen LogP contribution is 2.29. The summed E-state index contributed by atoms with van der Waals surface area (Å²) in [5.41, 5.74) is 0.366. The molecule has 0 N–H and O–H groups in total. The summed E-state index contributed by atoms with van der Waals surface area (Å²) in [6, 6.07) is 9.66. The molecule has 0 saturated heterocycles. The Bertz CT molecular complexity index is 547. The summed E-state index contributed by atoms with van der Waals surface area (Å²) in [6.45, 7) is 11.0. The molecule has 0 spiro atoms. The highest BCUT2D eigenvalue weighted by Gasteiger charge is 2.34. The topological polar surface area (TPSA) is 24.7 Å². The van der Waals surface area contributed by atoms with Crippen molar-refractivity contribution in [2.45, 2.75) is 31.1 Å². The average molecular weight is 320 g/mol. The minimum absolute atomic E-state index is 0.00462.